The number of hydrogen-bond donors (Lipinski definition) is 0. The van der Waals surface area contributed by atoms with Crippen LogP contribution in [0.1, 0.15) is 59.3 Å². The fraction of sp³-hybridized carbons (Fsp3) is 0.870. The topological polar surface area (TPSA) is 91.4 Å². The summed E-state index contributed by atoms with van der Waals surface area (Å²) < 4.78 is 23.7. The predicted octanol–water partition coefficient (Wildman–Crippen LogP) is 2.40. The highest BCUT2D eigenvalue weighted by molar-refractivity contribution is 5.85. The molecule has 4 aliphatic carbocycles. The van der Waals surface area contributed by atoms with Crippen LogP contribution in [0.4, 0.5) is 0 Å². The molecule has 2 heterocycles. The minimum Gasteiger partial charge on any atom is -0.469 e. The third kappa shape index (κ3) is 1.75. The Balaban J connectivity index is 1.55. The van der Waals surface area contributed by atoms with Crippen molar-refractivity contribution in [1.29, 1.82) is 0 Å². The van der Waals surface area contributed by atoms with E-state index >= 15 is 0 Å². The quantitative estimate of drug-likeness (QED) is 0.386. The predicted molar refractivity (Wildman–Crippen MR) is 102 cm³/mol. The van der Waals surface area contributed by atoms with Gasteiger partial charge in [0.25, 0.3) is 0 Å². The van der Waals surface area contributed by atoms with Gasteiger partial charge in [0.2, 0.25) is 0 Å². The van der Waals surface area contributed by atoms with Crippen LogP contribution in [0.25, 0.3) is 0 Å². The summed E-state index contributed by atoms with van der Waals surface area (Å²) in [5.74, 6) is -1.19. The lowest BCUT2D eigenvalue weighted by Crippen LogP contribution is -2.51. The lowest BCUT2D eigenvalue weighted by atomic mass is 9.56. The molecule has 0 aromatic carbocycles. The molecule has 6 rings (SSSR count). The van der Waals surface area contributed by atoms with Gasteiger partial charge in [-0.2, -0.15) is 0 Å². The SMILES string of the molecule is COC(=O)[C@H]1[C@H]2[C@@]3(CC[C@@H](C)[C@]2(C)C(=O)O3)[C@@H]2CC[C@]3(OC(C)=O)C[C@@]21C[C@]31CO1. The van der Waals surface area contributed by atoms with Crippen molar-refractivity contribution in [1.82, 2.24) is 0 Å². The number of ether oxygens (including phenoxy) is 4. The van der Waals surface area contributed by atoms with E-state index in [1.165, 1.54) is 14.0 Å². The highest BCUT2D eigenvalue weighted by atomic mass is 16.6. The minimum atomic E-state index is -0.701. The van der Waals surface area contributed by atoms with E-state index in [1.54, 1.807) is 0 Å². The van der Waals surface area contributed by atoms with Gasteiger partial charge in [-0.25, -0.2) is 0 Å². The van der Waals surface area contributed by atoms with Crippen LogP contribution in [0.15, 0.2) is 0 Å². The summed E-state index contributed by atoms with van der Waals surface area (Å²) in [6.45, 7) is 6.09. The van der Waals surface area contributed by atoms with E-state index in [1.807, 2.05) is 6.92 Å². The highest BCUT2D eigenvalue weighted by Crippen LogP contribution is 2.81. The molecule has 0 aromatic rings. The van der Waals surface area contributed by atoms with Crippen LogP contribution in [0.5, 0.6) is 0 Å². The molecule has 0 aromatic heterocycles. The summed E-state index contributed by atoms with van der Waals surface area (Å²) >= 11 is 0. The third-order valence-corrected chi connectivity index (χ3v) is 10.3. The molecule has 164 valence electrons. The molecule has 9 atom stereocenters. The molecule has 2 saturated heterocycles. The number of carbonyl (C=O) groups excluding carboxylic acids is 3. The Morgan fingerprint density at radius 3 is 2.53 bits per heavy atom. The number of fused-ring (bicyclic) bond motifs is 2. The zero-order valence-electron chi connectivity index (χ0n) is 18.1. The first-order valence-corrected chi connectivity index (χ1v) is 11.3. The fourth-order valence-electron chi connectivity index (χ4n) is 9.11. The second-order valence-electron chi connectivity index (χ2n) is 11.1. The van der Waals surface area contributed by atoms with Crippen LogP contribution in [0.3, 0.4) is 0 Å². The van der Waals surface area contributed by atoms with Gasteiger partial charge < -0.3 is 18.9 Å². The molecule has 0 amide bonds. The molecule has 4 bridgehead atoms. The molecule has 6 fully saturated rings. The van der Waals surface area contributed by atoms with Crippen molar-refractivity contribution in [3.05, 3.63) is 0 Å². The normalized spacial score (nSPS) is 56.9. The monoisotopic (exact) mass is 418 g/mol. The largest absolute Gasteiger partial charge is 0.469 e. The van der Waals surface area contributed by atoms with Crippen LogP contribution in [0.2, 0.25) is 0 Å². The Morgan fingerprint density at radius 2 is 1.90 bits per heavy atom. The van der Waals surface area contributed by atoms with Crippen molar-refractivity contribution >= 4 is 17.9 Å². The van der Waals surface area contributed by atoms with Gasteiger partial charge >= 0.3 is 17.9 Å². The minimum absolute atomic E-state index is 0.0598. The van der Waals surface area contributed by atoms with Gasteiger partial charge in [0, 0.05) is 18.8 Å². The molecule has 0 unspecified atom stereocenters. The first kappa shape index (κ1) is 19.1. The molecule has 2 aliphatic heterocycles. The van der Waals surface area contributed by atoms with Crippen molar-refractivity contribution in [3.63, 3.8) is 0 Å². The molecule has 0 N–H and O–H groups in total. The van der Waals surface area contributed by atoms with Gasteiger partial charge in [0.15, 0.2) is 0 Å². The van der Waals surface area contributed by atoms with Gasteiger partial charge in [-0.3, -0.25) is 14.4 Å². The van der Waals surface area contributed by atoms with Crippen LogP contribution in [-0.2, 0) is 33.3 Å². The van der Waals surface area contributed by atoms with E-state index in [2.05, 4.69) is 6.92 Å². The first-order valence-electron chi connectivity index (χ1n) is 11.3. The summed E-state index contributed by atoms with van der Waals surface area (Å²) in [5.41, 5.74) is -2.97. The second-order valence-corrected chi connectivity index (χ2v) is 11.1. The number of rotatable bonds is 2. The van der Waals surface area contributed by atoms with Crippen molar-refractivity contribution < 1.29 is 33.3 Å². The van der Waals surface area contributed by atoms with Crippen molar-refractivity contribution in [2.75, 3.05) is 13.7 Å². The average molecular weight is 418 g/mol. The van der Waals surface area contributed by atoms with Gasteiger partial charge in [-0.1, -0.05) is 6.92 Å². The zero-order chi connectivity index (χ0) is 21.3. The first-order chi connectivity index (χ1) is 14.1. The molecule has 7 nitrogen and oxygen atoms in total. The van der Waals surface area contributed by atoms with Gasteiger partial charge in [-0.15, -0.1) is 0 Å². The Labute approximate surface area is 176 Å². The maximum atomic E-state index is 13.4. The van der Waals surface area contributed by atoms with E-state index < -0.39 is 33.6 Å². The van der Waals surface area contributed by atoms with E-state index in [0.717, 1.165) is 19.3 Å². The standard InChI is InChI=1S/C23H30O7/c1-12-5-8-23-14-6-7-21(29-13(2)24)9-20(14,10-22(21)11-28-22)15(17(25)27-4)16(23)19(12,3)18(26)30-23/h12,14-16H,5-11H2,1-4H3/t12-,14-,15-,16-,19+,20-,21+,22+,23-/m1/s1. The third-order valence-electron chi connectivity index (χ3n) is 10.3. The number of hydrogen-bond acceptors (Lipinski definition) is 7. The Hall–Kier alpha value is -1.63. The molecule has 30 heavy (non-hydrogen) atoms. The maximum absolute atomic E-state index is 13.4. The van der Waals surface area contributed by atoms with E-state index in [-0.39, 0.29) is 35.7 Å². The Bertz CT molecular complexity index is 879. The zero-order valence-corrected chi connectivity index (χ0v) is 18.1. The summed E-state index contributed by atoms with van der Waals surface area (Å²) in [5, 5.41) is 0. The maximum Gasteiger partial charge on any atom is 0.313 e. The number of epoxide rings is 1. The molecule has 4 saturated carbocycles. The summed E-state index contributed by atoms with van der Waals surface area (Å²) in [6, 6.07) is 0. The molecule has 7 heteroatoms. The number of methoxy groups -OCH3 is 1. The van der Waals surface area contributed by atoms with E-state index in [9.17, 15) is 14.4 Å². The number of esters is 3. The van der Waals surface area contributed by atoms with Crippen LogP contribution in [0, 0.1) is 34.5 Å². The molecular formula is C23H30O7. The smallest absolute Gasteiger partial charge is 0.313 e. The van der Waals surface area contributed by atoms with E-state index in [4.69, 9.17) is 18.9 Å². The molecule has 6 aliphatic rings. The van der Waals surface area contributed by atoms with E-state index in [0.29, 0.717) is 25.9 Å². The van der Waals surface area contributed by atoms with Crippen LogP contribution in [-0.4, -0.2) is 48.4 Å². The molecular weight excluding hydrogens is 388 g/mol. The lowest BCUT2D eigenvalue weighted by molar-refractivity contribution is -0.174. The fourth-order valence-corrected chi connectivity index (χ4v) is 9.11. The Morgan fingerprint density at radius 1 is 1.17 bits per heavy atom. The summed E-state index contributed by atoms with van der Waals surface area (Å²) in [7, 11) is 1.43. The lowest BCUT2D eigenvalue weighted by Gasteiger charge is -2.46. The van der Waals surface area contributed by atoms with Crippen LogP contribution < -0.4 is 0 Å². The van der Waals surface area contributed by atoms with Crippen molar-refractivity contribution in [2.24, 2.45) is 34.5 Å². The molecule has 2 spiro atoms. The van der Waals surface area contributed by atoms with Gasteiger partial charge in [-0.05, 0) is 56.8 Å². The summed E-state index contributed by atoms with van der Waals surface area (Å²) in [4.78, 5) is 38.7. The van der Waals surface area contributed by atoms with Crippen molar-refractivity contribution in [2.45, 2.75) is 76.1 Å². The van der Waals surface area contributed by atoms with Gasteiger partial charge in [0.05, 0.1) is 25.0 Å². The Kier molecular flexibility index (Phi) is 3.32. The summed E-state index contributed by atoms with van der Waals surface area (Å²) in [6.07, 6.45) is 4.40. The second kappa shape index (κ2) is 5.22. The van der Waals surface area contributed by atoms with Crippen LogP contribution >= 0.6 is 0 Å². The van der Waals surface area contributed by atoms with Gasteiger partial charge in [0.1, 0.15) is 16.8 Å². The average Bonchev–Trinajstić information content (AvgIpc) is 3.34. The molecule has 0 radical (unpaired) electrons. The highest BCUT2D eigenvalue weighted by Gasteiger charge is 2.88. The van der Waals surface area contributed by atoms with Crippen molar-refractivity contribution in [3.8, 4) is 0 Å². The number of carbonyl (C=O) groups is 3.